The molecule has 1 aromatic rings. The van der Waals surface area contributed by atoms with Crippen LogP contribution in [0.25, 0.3) is 0 Å². The van der Waals surface area contributed by atoms with Gasteiger partial charge in [-0.05, 0) is 35.0 Å². The minimum absolute atomic E-state index is 0.271. The van der Waals surface area contributed by atoms with Crippen LogP contribution in [0.3, 0.4) is 0 Å². The van der Waals surface area contributed by atoms with Gasteiger partial charge >= 0.3 is 0 Å². The van der Waals surface area contributed by atoms with Crippen molar-refractivity contribution in [3.63, 3.8) is 0 Å². The van der Waals surface area contributed by atoms with Gasteiger partial charge in [0.15, 0.2) is 0 Å². The molecule has 3 nitrogen and oxygen atoms in total. The van der Waals surface area contributed by atoms with Crippen molar-refractivity contribution >= 4 is 33.6 Å². The molecule has 2 rings (SSSR count). The molecule has 0 saturated carbocycles. The van der Waals surface area contributed by atoms with Gasteiger partial charge in [0, 0.05) is 47.2 Å². The summed E-state index contributed by atoms with van der Waals surface area (Å²) in [6, 6.07) is 8.54. The lowest BCUT2D eigenvalue weighted by molar-refractivity contribution is -0.131. The van der Waals surface area contributed by atoms with Crippen LogP contribution in [0, 0.1) is 0 Å². The van der Waals surface area contributed by atoms with Gasteiger partial charge in [-0.15, -0.1) is 11.8 Å². The fraction of sp³-hybridized carbons (Fsp3) is 0.500. The first-order chi connectivity index (χ1) is 9.16. The van der Waals surface area contributed by atoms with Gasteiger partial charge < -0.3 is 10.2 Å². The van der Waals surface area contributed by atoms with Crippen molar-refractivity contribution in [3.05, 3.63) is 28.7 Å². The first-order valence-electron chi connectivity index (χ1n) is 6.55. The van der Waals surface area contributed by atoms with Crippen LogP contribution in [0.4, 0.5) is 0 Å². The van der Waals surface area contributed by atoms with Crippen molar-refractivity contribution in [2.45, 2.75) is 24.3 Å². The lowest BCUT2D eigenvalue weighted by Crippen LogP contribution is -2.51. The van der Waals surface area contributed by atoms with Gasteiger partial charge in [-0.2, -0.15) is 0 Å². The van der Waals surface area contributed by atoms with Crippen molar-refractivity contribution in [1.29, 1.82) is 0 Å². The Hall–Kier alpha value is -0.520. The Morgan fingerprint density at radius 3 is 3.05 bits per heavy atom. The zero-order valence-corrected chi connectivity index (χ0v) is 13.5. The van der Waals surface area contributed by atoms with Crippen LogP contribution in [0.5, 0.6) is 0 Å². The number of piperazine rings is 1. The molecule has 0 aromatic heterocycles. The number of halogens is 1. The number of nitrogens with zero attached hydrogens (tertiary/aromatic N) is 1. The van der Waals surface area contributed by atoms with Gasteiger partial charge in [-0.3, -0.25) is 4.79 Å². The van der Waals surface area contributed by atoms with Crippen molar-refractivity contribution in [3.8, 4) is 0 Å². The van der Waals surface area contributed by atoms with E-state index < -0.39 is 0 Å². The normalized spacial score (nSPS) is 19.5. The molecule has 0 radical (unpaired) electrons. The monoisotopic (exact) mass is 342 g/mol. The van der Waals surface area contributed by atoms with E-state index >= 15 is 0 Å². The second-order valence-electron chi connectivity index (χ2n) is 4.72. The Bertz CT molecular complexity index is 441. The number of hydrogen-bond donors (Lipinski definition) is 1. The van der Waals surface area contributed by atoms with E-state index in [0.717, 1.165) is 29.9 Å². The first kappa shape index (κ1) is 14.9. The van der Waals surface area contributed by atoms with Gasteiger partial charge in [-0.25, -0.2) is 0 Å². The molecule has 1 atom stereocenters. The molecule has 104 valence electrons. The second-order valence-corrected chi connectivity index (χ2v) is 6.71. The third kappa shape index (κ3) is 4.51. The number of carbonyl (C=O) groups excluding carboxylic acids is 1. The quantitative estimate of drug-likeness (QED) is 0.854. The molecule has 0 spiro atoms. The van der Waals surface area contributed by atoms with E-state index in [9.17, 15) is 4.79 Å². The van der Waals surface area contributed by atoms with Crippen LogP contribution in [0.2, 0.25) is 0 Å². The highest BCUT2D eigenvalue weighted by molar-refractivity contribution is 9.10. The van der Waals surface area contributed by atoms with Crippen LogP contribution < -0.4 is 5.32 Å². The molecule has 1 fully saturated rings. The van der Waals surface area contributed by atoms with E-state index in [1.165, 1.54) is 4.90 Å². The summed E-state index contributed by atoms with van der Waals surface area (Å²) in [5, 5.41) is 3.35. The SMILES string of the molecule is CC1CN(C(=O)CCSc2ccccc2Br)CCN1. The fourth-order valence-corrected chi connectivity index (χ4v) is 3.63. The Balaban J connectivity index is 1.76. The van der Waals surface area contributed by atoms with E-state index in [1.54, 1.807) is 11.8 Å². The average molecular weight is 343 g/mol. The molecule has 1 heterocycles. The maximum Gasteiger partial charge on any atom is 0.223 e. The first-order valence-corrected chi connectivity index (χ1v) is 8.33. The minimum atomic E-state index is 0.271. The Morgan fingerprint density at radius 2 is 2.32 bits per heavy atom. The predicted octanol–water partition coefficient (Wildman–Crippen LogP) is 2.75. The number of benzene rings is 1. The van der Waals surface area contributed by atoms with Crippen molar-refractivity contribution in [2.24, 2.45) is 0 Å². The zero-order chi connectivity index (χ0) is 13.7. The standard InChI is InChI=1S/C14H19BrN2OS/c1-11-10-17(8-7-16-11)14(18)6-9-19-13-5-3-2-4-12(13)15/h2-5,11,16H,6-10H2,1H3. The van der Waals surface area contributed by atoms with Crippen molar-refractivity contribution in [1.82, 2.24) is 10.2 Å². The van der Waals surface area contributed by atoms with Gasteiger partial charge in [0.2, 0.25) is 5.91 Å². The smallest absolute Gasteiger partial charge is 0.223 e. The number of amides is 1. The molecular weight excluding hydrogens is 324 g/mol. The van der Waals surface area contributed by atoms with Crippen LogP contribution >= 0.6 is 27.7 Å². The maximum absolute atomic E-state index is 12.1. The average Bonchev–Trinajstić information content (AvgIpc) is 2.41. The highest BCUT2D eigenvalue weighted by atomic mass is 79.9. The summed E-state index contributed by atoms with van der Waals surface area (Å²) in [5.74, 6) is 1.10. The molecule has 1 unspecified atom stereocenters. The highest BCUT2D eigenvalue weighted by Crippen LogP contribution is 2.27. The Morgan fingerprint density at radius 1 is 1.53 bits per heavy atom. The molecule has 1 saturated heterocycles. The lowest BCUT2D eigenvalue weighted by Gasteiger charge is -2.32. The maximum atomic E-state index is 12.1. The van der Waals surface area contributed by atoms with Crippen molar-refractivity contribution < 1.29 is 4.79 Å². The van der Waals surface area contributed by atoms with Crippen LogP contribution in [-0.2, 0) is 4.79 Å². The number of hydrogen-bond acceptors (Lipinski definition) is 3. The molecule has 1 N–H and O–H groups in total. The zero-order valence-electron chi connectivity index (χ0n) is 11.1. The Labute approximate surface area is 127 Å². The predicted molar refractivity (Wildman–Crippen MR) is 83.5 cm³/mol. The molecule has 1 amide bonds. The van der Waals surface area contributed by atoms with Crippen LogP contribution in [-0.4, -0.2) is 42.2 Å². The molecule has 1 aliphatic heterocycles. The number of rotatable bonds is 4. The Kier molecular flexibility index (Phi) is 5.73. The van der Waals surface area contributed by atoms with E-state index in [2.05, 4.69) is 34.2 Å². The highest BCUT2D eigenvalue weighted by Gasteiger charge is 2.19. The second kappa shape index (κ2) is 7.31. The largest absolute Gasteiger partial charge is 0.340 e. The fourth-order valence-electron chi connectivity index (χ4n) is 2.13. The number of thioether (sulfide) groups is 1. The molecule has 5 heteroatoms. The van der Waals surface area contributed by atoms with E-state index in [-0.39, 0.29) is 5.91 Å². The minimum Gasteiger partial charge on any atom is -0.340 e. The summed E-state index contributed by atoms with van der Waals surface area (Å²) in [7, 11) is 0. The molecule has 0 aliphatic carbocycles. The molecule has 0 bridgehead atoms. The van der Waals surface area contributed by atoms with Crippen LogP contribution in [0.15, 0.2) is 33.6 Å². The third-order valence-electron chi connectivity index (χ3n) is 3.13. The van der Waals surface area contributed by atoms with Crippen LogP contribution in [0.1, 0.15) is 13.3 Å². The summed E-state index contributed by atoms with van der Waals surface area (Å²) in [4.78, 5) is 15.3. The summed E-state index contributed by atoms with van der Waals surface area (Å²) in [6.07, 6.45) is 0.610. The molecule has 1 aliphatic rings. The summed E-state index contributed by atoms with van der Waals surface area (Å²) < 4.78 is 1.10. The van der Waals surface area contributed by atoms with E-state index in [1.807, 2.05) is 23.1 Å². The van der Waals surface area contributed by atoms with Gasteiger partial charge in [0.25, 0.3) is 0 Å². The van der Waals surface area contributed by atoms with E-state index in [0.29, 0.717) is 12.5 Å². The van der Waals surface area contributed by atoms with E-state index in [4.69, 9.17) is 0 Å². The summed E-state index contributed by atoms with van der Waals surface area (Å²) in [5.41, 5.74) is 0. The number of carbonyl (C=O) groups is 1. The summed E-state index contributed by atoms with van der Waals surface area (Å²) in [6.45, 7) is 4.70. The topological polar surface area (TPSA) is 32.3 Å². The number of nitrogens with one attached hydrogen (secondary N) is 1. The molecule has 19 heavy (non-hydrogen) atoms. The van der Waals surface area contributed by atoms with Crippen molar-refractivity contribution in [2.75, 3.05) is 25.4 Å². The third-order valence-corrected chi connectivity index (χ3v) is 5.16. The van der Waals surface area contributed by atoms with Gasteiger partial charge in [-0.1, -0.05) is 12.1 Å². The molecular formula is C14H19BrN2OS. The van der Waals surface area contributed by atoms with Gasteiger partial charge in [0.05, 0.1) is 0 Å². The molecule has 1 aromatic carbocycles. The van der Waals surface area contributed by atoms with Gasteiger partial charge in [0.1, 0.15) is 0 Å². The lowest BCUT2D eigenvalue weighted by atomic mass is 10.2. The summed E-state index contributed by atoms with van der Waals surface area (Å²) >= 11 is 5.25.